The third-order valence-electron chi connectivity index (χ3n) is 4.22. The SMILES string of the molecule is Cc1nccn1CCc1noc(CC2CSc3ccccc3O2)n1.O=C(O)C(F)(F)F. The Hall–Kier alpha value is -3.02. The molecular formula is C19H19F3N4O4S. The van der Waals surface area contributed by atoms with Crippen LogP contribution in [0.3, 0.4) is 0 Å². The molecule has 12 heteroatoms. The summed E-state index contributed by atoms with van der Waals surface area (Å²) in [5.74, 6) is 1.43. The van der Waals surface area contributed by atoms with Crippen molar-refractivity contribution >= 4 is 17.7 Å². The van der Waals surface area contributed by atoms with Crippen molar-refractivity contribution in [2.75, 3.05) is 5.75 Å². The van der Waals surface area contributed by atoms with Crippen molar-refractivity contribution in [1.82, 2.24) is 19.7 Å². The Morgan fingerprint density at radius 2 is 2.10 bits per heavy atom. The molecule has 3 aromatic rings. The summed E-state index contributed by atoms with van der Waals surface area (Å²) < 4.78 is 45.2. The maximum Gasteiger partial charge on any atom is 0.490 e. The number of aliphatic carboxylic acids is 1. The number of para-hydroxylation sites is 1. The minimum Gasteiger partial charge on any atom is -0.488 e. The number of carbonyl (C=O) groups is 1. The van der Waals surface area contributed by atoms with Crippen LogP contribution in [-0.4, -0.2) is 48.8 Å². The van der Waals surface area contributed by atoms with Gasteiger partial charge in [0.2, 0.25) is 5.89 Å². The molecule has 4 rings (SSSR count). The molecule has 0 spiro atoms. The van der Waals surface area contributed by atoms with E-state index in [0.29, 0.717) is 12.3 Å². The van der Waals surface area contributed by atoms with Crippen LogP contribution in [0.15, 0.2) is 46.1 Å². The summed E-state index contributed by atoms with van der Waals surface area (Å²) in [4.78, 5) is 18.8. The third kappa shape index (κ3) is 6.48. The molecule has 0 aliphatic carbocycles. The normalized spacial score (nSPS) is 15.4. The second-order valence-corrected chi connectivity index (χ2v) is 7.59. The quantitative estimate of drug-likeness (QED) is 0.622. The number of fused-ring (bicyclic) bond motifs is 1. The lowest BCUT2D eigenvalue weighted by Crippen LogP contribution is -2.25. The number of thioether (sulfide) groups is 1. The van der Waals surface area contributed by atoms with Gasteiger partial charge in [0.15, 0.2) is 5.82 Å². The molecule has 0 radical (unpaired) electrons. The number of hydrogen-bond donors (Lipinski definition) is 1. The number of hydrogen-bond acceptors (Lipinski definition) is 7. The highest BCUT2D eigenvalue weighted by Crippen LogP contribution is 2.35. The predicted molar refractivity (Wildman–Crippen MR) is 104 cm³/mol. The summed E-state index contributed by atoms with van der Waals surface area (Å²) >= 11 is 1.81. The van der Waals surface area contributed by atoms with Gasteiger partial charge in [0.05, 0.1) is 6.42 Å². The number of carboxylic acid groups (broad SMARTS) is 1. The average Bonchev–Trinajstić information content (AvgIpc) is 3.34. The lowest BCUT2D eigenvalue weighted by atomic mass is 10.2. The van der Waals surface area contributed by atoms with Crippen LogP contribution < -0.4 is 4.74 Å². The Labute approximate surface area is 179 Å². The zero-order chi connectivity index (χ0) is 22.4. The van der Waals surface area contributed by atoms with E-state index >= 15 is 0 Å². The zero-order valence-electron chi connectivity index (χ0n) is 16.4. The molecule has 1 aliphatic rings. The number of carboxylic acids is 1. The lowest BCUT2D eigenvalue weighted by molar-refractivity contribution is -0.192. The Balaban J connectivity index is 0.000000339. The molecule has 0 bridgehead atoms. The van der Waals surface area contributed by atoms with Gasteiger partial charge in [0, 0.05) is 36.0 Å². The molecular weight excluding hydrogens is 437 g/mol. The van der Waals surface area contributed by atoms with Gasteiger partial charge in [-0.1, -0.05) is 17.3 Å². The topological polar surface area (TPSA) is 103 Å². The highest BCUT2D eigenvalue weighted by Gasteiger charge is 2.38. The number of alkyl halides is 3. The lowest BCUT2D eigenvalue weighted by Gasteiger charge is -2.24. The van der Waals surface area contributed by atoms with Crippen LogP contribution >= 0.6 is 11.8 Å². The summed E-state index contributed by atoms with van der Waals surface area (Å²) in [5, 5.41) is 11.2. The highest BCUT2D eigenvalue weighted by atomic mass is 32.2. The first-order valence-corrected chi connectivity index (χ1v) is 10.2. The van der Waals surface area contributed by atoms with Gasteiger partial charge in [0.25, 0.3) is 0 Å². The van der Waals surface area contributed by atoms with Crippen LogP contribution in [0.5, 0.6) is 5.75 Å². The minimum atomic E-state index is -5.08. The first kappa shape index (κ1) is 22.7. The standard InChI is InChI=1S/C17H18N4O2S.C2HF3O2/c1-12-18-7-9-21(12)8-6-16-19-17(23-20-16)10-13-11-24-15-5-3-2-4-14(15)22-13;3-2(4,5)1(6)7/h2-5,7,9,13H,6,8,10-11H2,1H3;(H,6,7). The maximum atomic E-state index is 10.6. The molecule has 1 atom stereocenters. The first-order chi connectivity index (χ1) is 14.7. The van der Waals surface area contributed by atoms with Gasteiger partial charge in [-0.15, -0.1) is 11.8 Å². The molecule has 3 heterocycles. The number of halogens is 3. The average molecular weight is 456 g/mol. The van der Waals surface area contributed by atoms with Crippen molar-refractivity contribution in [3.63, 3.8) is 0 Å². The van der Waals surface area contributed by atoms with Crippen molar-refractivity contribution < 1.29 is 32.3 Å². The second-order valence-electron chi connectivity index (χ2n) is 6.53. The van der Waals surface area contributed by atoms with Crippen molar-refractivity contribution in [3.05, 3.63) is 54.2 Å². The van der Waals surface area contributed by atoms with Gasteiger partial charge in [0.1, 0.15) is 17.7 Å². The summed E-state index contributed by atoms with van der Waals surface area (Å²) in [6.45, 7) is 2.78. The van der Waals surface area contributed by atoms with Gasteiger partial charge in [-0.3, -0.25) is 0 Å². The van der Waals surface area contributed by atoms with Crippen LogP contribution in [-0.2, 0) is 24.2 Å². The van der Waals surface area contributed by atoms with Crippen molar-refractivity contribution in [3.8, 4) is 5.75 Å². The van der Waals surface area contributed by atoms with Gasteiger partial charge in [-0.25, -0.2) is 9.78 Å². The van der Waals surface area contributed by atoms with Crippen LogP contribution in [0.1, 0.15) is 17.5 Å². The molecule has 0 saturated heterocycles. The molecule has 1 aliphatic heterocycles. The Morgan fingerprint density at radius 3 is 2.77 bits per heavy atom. The molecule has 2 aromatic heterocycles. The summed E-state index contributed by atoms with van der Waals surface area (Å²) in [7, 11) is 0. The largest absolute Gasteiger partial charge is 0.490 e. The third-order valence-corrected chi connectivity index (χ3v) is 5.41. The fraction of sp³-hybridized carbons (Fsp3) is 0.368. The van der Waals surface area contributed by atoms with E-state index in [0.717, 1.165) is 36.1 Å². The first-order valence-electron chi connectivity index (χ1n) is 9.20. The van der Waals surface area contributed by atoms with Gasteiger partial charge >= 0.3 is 12.1 Å². The fourth-order valence-electron chi connectivity index (χ4n) is 2.69. The van der Waals surface area contributed by atoms with Crippen LogP contribution in [0.2, 0.25) is 0 Å². The van der Waals surface area contributed by atoms with E-state index in [9.17, 15) is 13.2 Å². The van der Waals surface area contributed by atoms with Crippen LogP contribution in [0, 0.1) is 6.92 Å². The molecule has 166 valence electrons. The molecule has 1 unspecified atom stereocenters. The van der Waals surface area contributed by atoms with E-state index in [-0.39, 0.29) is 6.10 Å². The monoisotopic (exact) mass is 456 g/mol. The van der Waals surface area contributed by atoms with Crippen molar-refractivity contribution in [1.29, 1.82) is 0 Å². The summed E-state index contributed by atoms with van der Waals surface area (Å²) in [6, 6.07) is 8.10. The summed E-state index contributed by atoms with van der Waals surface area (Å²) in [5.41, 5.74) is 0. The number of ether oxygens (including phenoxy) is 1. The molecule has 1 aromatic carbocycles. The molecule has 0 saturated carbocycles. The molecule has 0 amide bonds. The number of aromatic nitrogens is 4. The molecule has 8 nitrogen and oxygen atoms in total. The van der Waals surface area contributed by atoms with E-state index in [1.807, 2.05) is 43.1 Å². The highest BCUT2D eigenvalue weighted by molar-refractivity contribution is 7.99. The number of imidazole rings is 1. The van der Waals surface area contributed by atoms with Crippen molar-refractivity contribution in [2.24, 2.45) is 0 Å². The summed E-state index contributed by atoms with van der Waals surface area (Å²) in [6.07, 6.45) is 0.102. The second kappa shape index (κ2) is 9.86. The van der Waals surface area contributed by atoms with Crippen LogP contribution in [0.25, 0.3) is 0 Å². The van der Waals surface area contributed by atoms with Gasteiger partial charge < -0.3 is 18.9 Å². The number of aryl methyl sites for hydroxylation is 3. The maximum absolute atomic E-state index is 10.6. The number of nitrogens with zero attached hydrogens (tertiary/aromatic N) is 4. The Kier molecular flexibility index (Phi) is 7.21. The van der Waals surface area contributed by atoms with E-state index in [4.69, 9.17) is 19.2 Å². The predicted octanol–water partition coefficient (Wildman–Crippen LogP) is 3.55. The fourth-order valence-corrected chi connectivity index (χ4v) is 3.68. The molecule has 31 heavy (non-hydrogen) atoms. The number of benzene rings is 1. The van der Waals surface area contributed by atoms with E-state index < -0.39 is 12.1 Å². The Bertz CT molecular complexity index is 1020. The van der Waals surface area contributed by atoms with Crippen molar-refractivity contribution in [2.45, 2.75) is 43.5 Å². The van der Waals surface area contributed by atoms with Gasteiger partial charge in [-0.2, -0.15) is 18.2 Å². The van der Waals surface area contributed by atoms with Crippen LogP contribution in [0.4, 0.5) is 13.2 Å². The minimum absolute atomic E-state index is 0.0640. The smallest absolute Gasteiger partial charge is 0.488 e. The van der Waals surface area contributed by atoms with E-state index in [2.05, 4.69) is 25.8 Å². The molecule has 1 N–H and O–H groups in total. The van der Waals surface area contributed by atoms with Gasteiger partial charge in [-0.05, 0) is 19.1 Å². The Morgan fingerprint density at radius 1 is 1.35 bits per heavy atom. The number of rotatable bonds is 5. The van der Waals surface area contributed by atoms with E-state index in [1.165, 1.54) is 4.90 Å². The molecule has 0 fully saturated rings. The van der Waals surface area contributed by atoms with E-state index in [1.54, 1.807) is 6.20 Å². The zero-order valence-corrected chi connectivity index (χ0v) is 17.2.